The molecule has 1 aromatic rings. The van der Waals surface area contributed by atoms with Crippen LogP contribution < -0.4 is 5.32 Å². The Morgan fingerprint density at radius 2 is 1.81 bits per heavy atom. The molecule has 2 rings (SSSR count). The summed E-state index contributed by atoms with van der Waals surface area (Å²) < 4.78 is 33.3. The van der Waals surface area contributed by atoms with Crippen LogP contribution in [0.2, 0.25) is 0 Å². The summed E-state index contributed by atoms with van der Waals surface area (Å²) in [5.74, 6) is 0. The van der Waals surface area contributed by atoms with Crippen LogP contribution >= 0.6 is 0 Å². The van der Waals surface area contributed by atoms with Gasteiger partial charge >= 0.3 is 0 Å². The van der Waals surface area contributed by atoms with E-state index >= 15 is 0 Å². The maximum Gasteiger partial charge on any atom is 0.246 e. The lowest BCUT2D eigenvalue weighted by atomic mass is 10.0. The Balaban J connectivity index is 2.44. The number of anilines is 1. The molecule has 1 N–H and O–H groups in total. The number of rotatable bonds is 3. The molecular weight excluding hydrogens is 290 g/mol. The van der Waals surface area contributed by atoms with Gasteiger partial charge in [0.25, 0.3) is 0 Å². The van der Waals surface area contributed by atoms with Gasteiger partial charge in [-0.2, -0.15) is 4.31 Å². The van der Waals surface area contributed by atoms with Gasteiger partial charge in [-0.3, -0.25) is 4.98 Å². The summed E-state index contributed by atoms with van der Waals surface area (Å²) in [7, 11) is -1.92. The molecule has 0 bridgehead atoms. The highest BCUT2D eigenvalue weighted by molar-refractivity contribution is 7.89. The molecule has 0 saturated carbocycles. The van der Waals surface area contributed by atoms with Crippen molar-refractivity contribution in [2.45, 2.75) is 43.8 Å². The molecule has 0 aromatic carbocycles. The summed E-state index contributed by atoms with van der Waals surface area (Å²) >= 11 is 0. The van der Waals surface area contributed by atoms with Crippen molar-refractivity contribution in [2.24, 2.45) is 0 Å². The van der Waals surface area contributed by atoms with E-state index in [2.05, 4.69) is 10.3 Å². The highest BCUT2D eigenvalue weighted by Gasteiger charge is 2.43. The fraction of sp³-hybridized carbons (Fsp3) is 0.643. The molecule has 0 spiro atoms. The Hall–Kier alpha value is -1.18. The van der Waals surface area contributed by atoms with Crippen molar-refractivity contribution in [3.8, 4) is 0 Å². The number of pyridine rings is 1. The van der Waals surface area contributed by atoms with Crippen LogP contribution in [0, 0.1) is 0 Å². The predicted octanol–water partition coefficient (Wildman–Crippen LogP) is 1.70. The van der Waals surface area contributed by atoms with Crippen LogP contribution in [0.4, 0.5) is 5.69 Å². The molecule has 1 fully saturated rings. The Bertz CT molecular complexity index is 610. The molecule has 118 valence electrons. The Labute approximate surface area is 126 Å². The number of morpholine rings is 1. The maximum atomic E-state index is 12.9. The molecule has 0 radical (unpaired) electrons. The van der Waals surface area contributed by atoms with Gasteiger partial charge in [-0.05, 0) is 33.8 Å². The molecule has 1 aromatic heterocycles. The number of ether oxygens (including phenoxy) is 1. The maximum absolute atomic E-state index is 12.9. The SMILES string of the molecule is CNc1ccncc1S(=O)(=O)N1CC(C)(C)OC(C)(C)C1. The van der Waals surface area contributed by atoms with Gasteiger partial charge < -0.3 is 10.1 Å². The summed E-state index contributed by atoms with van der Waals surface area (Å²) in [6, 6.07) is 1.66. The van der Waals surface area contributed by atoms with Gasteiger partial charge in [-0.1, -0.05) is 0 Å². The molecule has 6 nitrogen and oxygen atoms in total. The second-order valence-corrected chi connectivity index (χ2v) is 8.42. The van der Waals surface area contributed by atoms with Crippen LogP contribution in [0.3, 0.4) is 0 Å². The fourth-order valence-electron chi connectivity index (χ4n) is 2.82. The molecule has 1 saturated heterocycles. The number of sulfonamides is 1. The standard InChI is InChI=1S/C14H23N3O3S/c1-13(2)9-17(10-14(3,4)20-13)21(18,19)12-8-16-7-6-11(12)15-5/h6-8H,9-10H2,1-5H3,(H,15,16). The van der Waals surface area contributed by atoms with Crippen molar-refractivity contribution in [1.82, 2.24) is 9.29 Å². The lowest BCUT2D eigenvalue weighted by molar-refractivity contribution is -0.163. The van der Waals surface area contributed by atoms with E-state index in [-0.39, 0.29) is 4.90 Å². The third-order valence-corrected chi connectivity index (χ3v) is 5.16. The largest absolute Gasteiger partial charge is 0.387 e. The smallest absolute Gasteiger partial charge is 0.246 e. The van der Waals surface area contributed by atoms with E-state index in [9.17, 15) is 8.42 Å². The first kappa shape index (κ1) is 16.2. The molecule has 0 aliphatic carbocycles. The fourth-order valence-corrected chi connectivity index (χ4v) is 4.70. The number of aromatic nitrogens is 1. The zero-order valence-electron chi connectivity index (χ0n) is 13.2. The lowest BCUT2D eigenvalue weighted by Crippen LogP contribution is -2.58. The first-order chi connectivity index (χ1) is 9.57. The summed E-state index contributed by atoms with van der Waals surface area (Å²) in [5.41, 5.74) is -0.514. The second kappa shape index (κ2) is 5.23. The molecule has 1 aliphatic rings. The molecule has 2 heterocycles. The average molecular weight is 313 g/mol. The number of hydrogen-bond acceptors (Lipinski definition) is 5. The predicted molar refractivity (Wildman–Crippen MR) is 81.8 cm³/mol. The van der Waals surface area contributed by atoms with Crippen molar-refractivity contribution in [3.05, 3.63) is 18.5 Å². The molecule has 0 amide bonds. The van der Waals surface area contributed by atoms with E-state index in [1.807, 2.05) is 27.7 Å². The van der Waals surface area contributed by atoms with Gasteiger partial charge in [0.2, 0.25) is 10.0 Å². The van der Waals surface area contributed by atoms with Crippen molar-refractivity contribution in [1.29, 1.82) is 0 Å². The summed E-state index contributed by atoms with van der Waals surface area (Å²) in [4.78, 5) is 4.15. The average Bonchev–Trinajstić information content (AvgIpc) is 2.35. The zero-order valence-corrected chi connectivity index (χ0v) is 14.0. The van der Waals surface area contributed by atoms with E-state index < -0.39 is 21.2 Å². The van der Waals surface area contributed by atoms with Crippen LogP contribution in [0.5, 0.6) is 0 Å². The van der Waals surface area contributed by atoms with Crippen molar-refractivity contribution < 1.29 is 13.2 Å². The van der Waals surface area contributed by atoms with E-state index in [0.29, 0.717) is 18.8 Å². The van der Waals surface area contributed by atoms with Crippen LogP contribution in [0.25, 0.3) is 0 Å². The van der Waals surface area contributed by atoms with Gasteiger partial charge in [0.15, 0.2) is 0 Å². The minimum Gasteiger partial charge on any atom is -0.387 e. The molecular formula is C14H23N3O3S. The van der Waals surface area contributed by atoms with Gasteiger partial charge in [0.05, 0.1) is 16.9 Å². The monoisotopic (exact) mass is 313 g/mol. The third-order valence-electron chi connectivity index (χ3n) is 3.34. The highest BCUT2D eigenvalue weighted by Crippen LogP contribution is 2.33. The summed E-state index contributed by atoms with van der Waals surface area (Å²) in [5, 5.41) is 2.91. The Morgan fingerprint density at radius 3 is 2.33 bits per heavy atom. The first-order valence-electron chi connectivity index (χ1n) is 6.89. The van der Waals surface area contributed by atoms with Gasteiger partial charge in [-0.15, -0.1) is 0 Å². The third kappa shape index (κ3) is 3.36. The van der Waals surface area contributed by atoms with E-state index in [4.69, 9.17) is 4.74 Å². The minimum absolute atomic E-state index is 0.195. The second-order valence-electron chi connectivity index (χ2n) is 6.52. The van der Waals surface area contributed by atoms with Crippen LogP contribution in [0.1, 0.15) is 27.7 Å². The molecule has 1 aliphatic heterocycles. The molecule has 0 atom stereocenters. The minimum atomic E-state index is -3.62. The highest BCUT2D eigenvalue weighted by atomic mass is 32.2. The zero-order chi connectivity index (χ0) is 15.9. The van der Waals surface area contributed by atoms with Crippen molar-refractivity contribution >= 4 is 15.7 Å². The van der Waals surface area contributed by atoms with E-state index in [1.54, 1.807) is 19.3 Å². The Morgan fingerprint density at radius 1 is 1.24 bits per heavy atom. The van der Waals surface area contributed by atoms with E-state index in [1.165, 1.54) is 10.5 Å². The van der Waals surface area contributed by atoms with Gasteiger partial charge in [-0.25, -0.2) is 8.42 Å². The van der Waals surface area contributed by atoms with Gasteiger partial charge in [0.1, 0.15) is 4.90 Å². The van der Waals surface area contributed by atoms with E-state index in [0.717, 1.165) is 0 Å². The topological polar surface area (TPSA) is 71.5 Å². The number of nitrogens with one attached hydrogen (secondary N) is 1. The van der Waals surface area contributed by atoms with Crippen molar-refractivity contribution in [3.63, 3.8) is 0 Å². The van der Waals surface area contributed by atoms with Crippen LogP contribution in [0.15, 0.2) is 23.4 Å². The Kier molecular flexibility index (Phi) is 4.03. The quantitative estimate of drug-likeness (QED) is 0.919. The lowest BCUT2D eigenvalue weighted by Gasteiger charge is -2.46. The molecule has 0 unspecified atom stereocenters. The molecule has 7 heteroatoms. The normalized spacial score (nSPS) is 22.0. The van der Waals surface area contributed by atoms with Crippen LogP contribution in [-0.2, 0) is 14.8 Å². The molecule has 21 heavy (non-hydrogen) atoms. The summed E-state index contributed by atoms with van der Waals surface area (Å²) in [6.45, 7) is 8.24. The van der Waals surface area contributed by atoms with Crippen molar-refractivity contribution in [2.75, 3.05) is 25.5 Å². The van der Waals surface area contributed by atoms with Crippen LogP contribution in [-0.4, -0.2) is 49.0 Å². The number of nitrogens with zero attached hydrogens (tertiary/aromatic N) is 2. The summed E-state index contributed by atoms with van der Waals surface area (Å²) in [6.07, 6.45) is 2.95. The van der Waals surface area contributed by atoms with Gasteiger partial charge in [0, 0.05) is 32.5 Å². The first-order valence-corrected chi connectivity index (χ1v) is 8.33. The number of hydrogen-bond donors (Lipinski definition) is 1.